The van der Waals surface area contributed by atoms with Crippen LogP contribution in [0.5, 0.6) is 0 Å². The number of hydrogen-bond donors (Lipinski definition) is 0. The summed E-state index contributed by atoms with van der Waals surface area (Å²) in [6.07, 6.45) is 2.86. The van der Waals surface area contributed by atoms with E-state index >= 15 is 0 Å². The van der Waals surface area contributed by atoms with Gasteiger partial charge in [0.25, 0.3) is 0 Å². The molecule has 4 nitrogen and oxygen atoms in total. The minimum absolute atomic E-state index is 0.872. The summed E-state index contributed by atoms with van der Waals surface area (Å²) in [5.74, 6) is 0. The van der Waals surface area contributed by atoms with Gasteiger partial charge >= 0.3 is 0 Å². The van der Waals surface area contributed by atoms with Gasteiger partial charge in [-0.15, -0.1) is 0 Å². The van der Waals surface area contributed by atoms with Crippen LogP contribution in [0.25, 0.3) is 4.96 Å². The molecule has 2 heterocycles. The summed E-state index contributed by atoms with van der Waals surface area (Å²) in [7, 11) is 0. The quantitative estimate of drug-likeness (QED) is 0.608. The first kappa shape index (κ1) is 5.79. The third kappa shape index (κ3) is 0.706. The second kappa shape index (κ2) is 2.02. The van der Waals surface area contributed by atoms with E-state index in [1.807, 2.05) is 6.20 Å². The highest BCUT2D eigenvalue weighted by Gasteiger charge is 2.00. The van der Waals surface area contributed by atoms with Gasteiger partial charge in [-0.1, -0.05) is 11.4 Å². The van der Waals surface area contributed by atoms with Crippen molar-refractivity contribution in [1.82, 2.24) is 19.2 Å². The Balaban J connectivity index is 2.67. The van der Waals surface area contributed by atoms with Gasteiger partial charge in [-0.25, -0.2) is 4.98 Å². The van der Waals surface area contributed by atoms with E-state index in [2.05, 4.69) is 21.6 Å². The van der Waals surface area contributed by atoms with Crippen molar-refractivity contribution in [1.29, 1.82) is 0 Å². The van der Waals surface area contributed by atoms with Crippen LogP contribution in [0.4, 0.5) is 0 Å². The zero-order valence-electron chi connectivity index (χ0n) is 5.48. The van der Waals surface area contributed by atoms with Gasteiger partial charge in [0.2, 0.25) is 4.96 Å². The fourth-order valence-electron chi connectivity index (χ4n) is 0.790. The van der Waals surface area contributed by atoms with E-state index in [9.17, 15) is 0 Å². The molecule has 0 unspecified atom stereocenters. The molecule has 52 valence electrons. The lowest BCUT2D eigenvalue weighted by Gasteiger charge is -1.78. The summed E-state index contributed by atoms with van der Waals surface area (Å²) in [5, 5.41) is 3.81. The van der Waals surface area contributed by atoms with Gasteiger partial charge in [0.05, 0.1) is 11.9 Å². The summed E-state index contributed by atoms with van der Waals surface area (Å²) >= 11 is 1.31. The van der Waals surface area contributed by atoms with Crippen molar-refractivity contribution in [2.45, 2.75) is 13.3 Å². The predicted octanol–water partition coefficient (Wildman–Crippen LogP) is 0.748. The normalized spacial score (nSPS) is 10.9. The van der Waals surface area contributed by atoms with Crippen molar-refractivity contribution in [3.63, 3.8) is 0 Å². The van der Waals surface area contributed by atoms with Gasteiger partial charge in [0, 0.05) is 11.5 Å². The van der Waals surface area contributed by atoms with Crippen molar-refractivity contribution >= 4 is 16.5 Å². The van der Waals surface area contributed by atoms with Crippen molar-refractivity contribution < 1.29 is 0 Å². The largest absolute Gasteiger partial charge is 0.231 e. The number of rotatable bonds is 1. The summed E-state index contributed by atoms with van der Waals surface area (Å²) in [6, 6.07) is 0. The highest BCUT2D eigenvalue weighted by molar-refractivity contribution is 7.10. The predicted molar refractivity (Wildman–Crippen MR) is 38.0 cm³/mol. The zero-order valence-corrected chi connectivity index (χ0v) is 6.30. The number of aromatic nitrogens is 4. The first-order chi connectivity index (χ1) is 4.90. The molecule has 0 saturated carbocycles. The summed E-state index contributed by atoms with van der Waals surface area (Å²) in [5.41, 5.74) is 1.07. The highest BCUT2D eigenvalue weighted by atomic mass is 32.1. The monoisotopic (exact) mass is 154 g/mol. The van der Waals surface area contributed by atoms with E-state index in [0.29, 0.717) is 0 Å². The fourth-order valence-corrected chi connectivity index (χ4v) is 1.31. The minimum atomic E-state index is 0.872. The SMILES string of the molecule is CCc1cn2nnsc2n1. The molecule has 0 aromatic carbocycles. The third-order valence-electron chi connectivity index (χ3n) is 1.32. The van der Waals surface area contributed by atoms with Crippen LogP contribution >= 0.6 is 11.5 Å². The summed E-state index contributed by atoms with van der Waals surface area (Å²) in [4.78, 5) is 5.12. The lowest BCUT2D eigenvalue weighted by Crippen LogP contribution is -1.80. The van der Waals surface area contributed by atoms with Gasteiger partial charge in [0.15, 0.2) is 0 Å². The molecular formula is C5H6N4S. The van der Waals surface area contributed by atoms with Gasteiger partial charge in [-0.2, -0.15) is 4.52 Å². The van der Waals surface area contributed by atoms with Crippen LogP contribution in [-0.4, -0.2) is 19.2 Å². The van der Waals surface area contributed by atoms with Crippen molar-refractivity contribution in [2.24, 2.45) is 0 Å². The summed E-state index contributed by atoms with van der Waals surface area (Å²) in [6.45, 7) is 2.07. The van der Waals surface area contributed by atoms with Crippen molar-refractivity contribution in [3.05, 3.63) is 11.9 Å². The third-order valence-corrected chi connectivity index (χ3v) is 1.92. The highest BCUT2D eigenvalue weighted by Crippen LogP contribution is 2.05. The maximum atomic E-state index is 4.25. The molecule has 0 spiro atoms. The Bertz CT molecular complexity index is 307. The zero-order chi connectivity index (χ0) is 6.97. The number of nitrogens with zero attached hydrogens (tertiary/aromatic N) is 4. The van der Waals surface area contributed by atoms with Gasteiger partial charge in [-0.05, 0) is 11.6 Å². The maximum absolute atomic E-state index is 4.25. The van der Waals surface area contributed by atoms with Crippen LogP contribution in [0, 0.1) is 0 Å². The number of aryl methyl sites for hydroxylation is 1. The molecule has 0 aliphatic rings. The van der Waals surface area contributed by atoms with E-state index in [1.54, 1.807) is 4.52 Å². The number of imidazole rings is 1. The Morgan fingerprint density at radius 2 is 2.60 bits per heavy atom. The number of hydrogen-bond acceptors (Lipinski definition) is 4. The fraction of sp³-hybridized carbons (Fsp3) is 0.400. The van der Waals surface area contributed by atoms with Crippen LogP contribution in [0.15, 0.2) is 6.20 Å². The number of fused-ring (bicyclic) bond motifs is 1. The molecule has 0 atom stereocenters. The van der Waals surface area contributed by atoms with Gasteiger partial charge < -0.3 is 0 Å². The molecule has 10 heavy (non-hydrogen) atoms. The van der Waals surface area contributed by atoms with Crippen LogP contribution in [-0.2, 0) is 6.42 Å². The van der Waals surface area contributed by atoms with E-state index in [4.69, 9.17) is 0 Å². The van der Waals surface area contributed by atoms with E-state index in [1.165, 1.54) is 11.5 Å². The molecule has 0 amide bonds. The first-order valence-corrected chi connectivity index (χ1v) is 3.84. The second-order valence-corrected chi connectivity index (χ2v) is 2.69. The lowest BCUT2D eigenvalue weighted by atomic mass is 10.4. The molecule has 0 N–H and O–H groups in total. The van der Waals surface area contributed by atoms with Crippen LogP contribution in [0.1, 0.15) is 12.6 Å². The van der Waals surface area contributed by atoms with Crippen LogP contribution in [0.2, 0.25) is 0 Å². The smallest absolute Gasteiger partial charge is 0.221 e. The molecule has 5 heteroatoms. The molecule has 0 aliphatic heterocycles. The molecule has 2 rings (SSSR count). The van der Waals surface area contributed by atoms with Crippen LogP contribution < -0.4 is 0 Å². The molecule has 0 radical (unpaired) electrons. The molecule has 0 saturated heterocycles. The topological polar surface area (TPSA) is 43.1 Å². The molecular weight excluding hydrogens is 148 g/mol. The minimum Gasteiger partial charge on any atom is -0.221 e. The molecule has 2 aromatic heterocycles. The Kier molecular flexibility index (Phi) is 1.17. The van der Waals surface area contributed by atoms with Gasteiger partial charge in [0.1, 0.15) is 0 Å². The Labute approximate surface area is 61.7 Å². The van der Waals surface area contributed by atoms with E-state index in [0.717, 1.165) is 17.1 Å². The Morgan fingerprint density at radius 1 is 1.70 bits per heavy atom. The lowest BCUT2D eigenvalue weighted by molar-refractivity contribution is 0.870. The average Bonchev–Trinajstić information content (AvgIpc) is 2.42. The van der Waals surface area contributed by atoms with Gasteiger partial charge in [-0.3, -0.25) is 0 Å². The molecule has 0 aliphatic carbocycles. The first-order valence-electron chi connectivity index (χ1n) is 3.07. The summed E-state index contributed by atoms with van der Waals surface area (Å²) < 4.78 is 5.43. The van der Waals surface area contributed by atoms with E-state index in [-0.39, 0.29) is 0 Å². The second-order valence-electron chi connectivity index (χ2n) is 1.98. The van der Waals surface area contributed by atoms with E-state index < -0.39 is 0 Å². The van der Waals surface area contributed by atoms with Crippen molar-refractivity contribution in [2.75, 3.05) is 0 Å². The average molecular weight is 154 g/mol. The molecule has 2 aromatic rings. The van der Waals surface area contributed by atoms with Crippen molar-refractivity contribution in [3.8, 4) is 0 Å². The molecule has 0 bridgehead atoms. The van der Waals surface area contributed by atoms with Crippen LogP contribution in [0.3, 0.4) is 0 Å². The Morgan fingerprint density at radius 3 is 3.30 bits per heavy atom. The molecule has 0 fully saturated rings. The Hall–Kier alpha value is -0.970. The standard InChI is InChI=1S/C5H6N4S/c1-2-4-3-9-5(6-4)10-8-7-9/h3H,2H2,1H3. The maximum Gasteiger partial charge on any atom is 0.231 e.